The Morgan fingerprint density at radius 1 is 0.491 bits per heavy atom. The van der Waals surface area contributed by atoms with Crippen LogP contribution >= 0.6 is 31.9 Å². The fourth-order valence-corrected chi connectivity index (χ4v) is 9.51. The summed E-state index contributed by atoms with van der Waals surface area (Å²) < 4.78 is 1.84. The van der Waals surface area contributed by atoms with Crippen molar-refractivity contribution in [2.75, 3.05) is 10.6 Å². The van der Waals surface area contributed by atoms with Crippen molar-refractivity contribution in [2.45, 2.75) is 57.8 Å². The summed E-state index contributed by atoms with van der Waals surface area (Å²) in [6.07, 6.45) is 0. The van der Waals surface area contributed by atoms with E-state index in [9.17, 15) is 9.59 Å². The van der Waals surface area contributed by atoms with Gasteiger partial charge in [-0.2, -0.15) is 0 Å². The lowest BCUT2D eigenvalue weighted by Crippen LogP contribution is -2.28. The summed E-state index contributed by atoms with van der Waals surface area (Å²) >= 11 is 7.35. The number of nitrogens with one attached hydrogen (secondary N) is 2. The summed E-state index contributed by atoms with van der Waals surface area (Å²) in [6.45, 7) is 12.9. The molecule has 0 unspecified atom stereocenters. The first-order valence-electron chi connectivity index (χ1n) is 17.8. The maximum atomic E-state index is 13.4. The van der Waals surface area contributed by atoms with Gasteiger partial charge in [-0.25, -0.2) is 0 Å². The molecule has 6 aromatic carbocycles. The van der Waals surface area contributed by atoms with Crippen LogP contribution in [0.4, 0.5) is 11.4 Å². The van der Waals surface area contributed by atoms with Crippen molar-refractivity contribution < 1.29 is 9.59 Å². The lowest BCUT2D eigenvalue weighted by molar-refractivity contribution is 0.101. The van der Waals surface area contributed by atoms with Crippen molar-refractivity contribution >= 4 is 55.0 Å². The molecule has 0 aromatic heterocycles. The molecule has 0 bridgehead atoms. The number of carbonyl (C=O) groups is 2. The summed E-state index contributed by atoms with van der Waals surface area (Å²) in [5.41, 5.74) is 11.1. The Kier molecular flexibility index (Phi) is 9.58. The lowest BCUT2D eigenvalue weighted by atomic mass is 9.67. The van der Waals surface area contributed by atoms with E-state index < -0.39 is 5.41 Å². The number of hydrogen-bond donors (Lipinski definition) is 2. The molecule has 2 N–H and O–H groups in total. The Labute approximate surface area is 329 Å². The number of benzene rings is 6. The van der Waals surface area contributed by atoms with Crippen LogP contribution in [0.15, 0.2) is 142 Å². The van der Waals surface area contributed by atoms with Crippen LogP contribution in [0.3, 0.4) is 0 Å². The highest BCUT2D eigenvalue weighted by Crippen LogP contribution is 2.56. The van der Waals surface area contributed by atoms with Gasteiger partial charge in [-0.3, -0.25) is 9.59 Å². The molecule has 266 valence electrons. The Bertz CT molecular complexity index is 2200. The Morgan fingerprint density at radius 2 is 0.849 bits per heavy atom. The van der Waals surface area contributed by atoms with Crippen LogP contribution in [-0.2, 0) is 16.2 Å². The molecule has 0 saturated heterocycles. The number of rotatable bonds is 6. The summed E-state index contributed by atoms with van der Waals surface area (Å²) in [4.78, 5) is 26.8. The van der Waals surface area contributed by atoms with Gasteiger partial charge in [0.25, 0.3) is 11.8 Å². The molecule has 0 heterocycles. The van der Waals surface area contributed by atoms with Crippen LogP contribution in [0.1, 0.15) is 95.6 Å². The third-order valence-electron chi connectivity index (χ3n) is 10.2. The SMILES string of the molecule is CC(C)(C)c1ccc(C(=O)Nc2ccc(C3(c4ccc(NC(=O)c5ccc(C(C)(C)C)c(Br)c5)cc4)c4ccccc4-c4ccccc43)cc2)cc1Br. The molecule has 0 spiro atoms. The minimum Gasteiger partial charge on any atom is -0.322 e. The van der Waals surface area contributed by atoms with Crippen molar-refractivity contribution in [3.8, 4) is 11.1 Å². The largest absolute Gasteiger partial charge is 0.322 e. The molecule has 0 fully saturated rings. The van der Waals surface area contributed by atoms with E-state index in [-0.39, 0.29) is 22.6 Å². The number of anilines is 2. The quantitative estimate of drug-likeness (QED) is 0.175. The van der Waals surface area contributed by atoms with Crippen molar-refractivity contribution in [1.29, 1.82) is 0 Å². The molecule has 1 aliphatic carbocycles. The number of amides is 2. The van der Waals surface area contributed by atoms with Crippen LogP contribution in [-0.4, -0.2) is 11.8 Å². The summed E-state index contributed by atoms with van der Waals surface area (Å²) in [6, 6.07) is 45.1. The molecular formula is C47H42Br2N2O2. The Hall–Kier alpha value is -4.78. The molecule has 0 saturated carbocycles. The van der Waals surface area contributed by atoms with Crippen LogP contribution in [0.2, 0.25) is 0 Å². The summed E-state index contributed by atoms with van der Waals surface area (Å²) in [7, 11) is 0. The molecule has 2 amide bonds. The molecule has 6 heteroatoms. The minimum atomic E-state index is -0.625. The van der Waals surface area contributed by atoms with Crippen LogP contribution in [0.25, 0.3) is 11.1 Å². The first-order valence-corrected chi connectivity index (χ1v) is 19.4. The second-order valence-electron chi connectivity index (χ2n) is 15.8. The molecule has 6 aromatic rings. The fourth-order valence-electron chi connectivity index (χ4n) is 7.57. The van der Waals surface area contributed by atoms with Crippen LogP contribution in [0.5, 0.6) is 0 Å². The van der Waals surface area contributed by atoms with Crippen molar-refractivity contribution in [3.05, 3.63) is 187 Å². The summed E-state index contributed by atoms with van der Waals surface area (Å²) in [5, 5.41) is 6.20. The molecule has 0 aliphatic heterocycles. The van der Waals surface area contributed by atoms with E-state index in [1.165, 1.54) is 22.3 Å². The first-order chi connectivity index (χ1) is 25.2. The second kappa shape index (κ2) is 13.9. The average Bonchev–Trinajstić information content (AvgIpc) is 3.42. The molecule has 1 aliphatic rings. The van der Waals surface area contributed by atoms with Crippen LogP contribution < -0.4 is 10.6 Å². The van der Waals surface area contributed by atoms with E-state index in [1.807, 2.05) is 60.7 Å². The molecule has 0 radical (unpaired) electrons. The van der Waals surface area contributed by atoms with Gasteiger partial charge < -0.3 is 10.6 Å². The zero-order chi connectivity index (χ0) is 37.7. The zero-order valence-corrected chi connectivity index (χ0v) is 33.9. The number of hydrogen-bond acceptors (Lipinski definition) is 2. The van der Waals surface area contributed by atoms with Gasteiger partial charge in [0, 0.05) is 31.4 Å². The number of fused-ring (bicyclic) bond motifs is 3. The third-order valence-corrected chi connectivity index (χ3v) is 11.5. The monoisotopic (exact) mass is 824 g/mol. The Morgan fingerprint density at radius 3 is 1.19 bits per heavy atom. The van der Waals surface area contributed by atoms with Crippen molar-refractivity contribution in [2.24, 2.45) is 0 Å². The van der Waals surface area contributed by atoms with E-state index in [1.54, 1.807) is 0 Å². The fraction of sp³-hybridized carbons (Fsp3) is 0.191. The topological polar surface area (TPSA) is 58.2 Å². The minimum absolute atomic E-state index is 0.0398. The van der Waals surface area contributed by atoms with Gasteiger partial charge in [-0.15, -0.1) is 0 Å². The van der Waals surface area contributed by atoms with Gasteiger partial charge in [0.2, 0.25) is 0 Å². The molecule has 4 nitrogen and oxygen atoms in total. The van der Waals surface area contributed by atoms with E-state index >= 15 is 0 Å². The molecule has 7 rings (SSSR count). The highest BCUT2D eigenvalue weighted by molar-refractivity contribution is 9.10. The standard InChI is InChI=1S/C47H42Br2N2O2/c1-45(2,3)39-25-15-29(27-41(39)48)43(52)50-33-21-17-31(18-22-33)47(37-13-9-7-11-35(37)36-12-8-10-14-38(36)47)32-19-23-34(24-20-32)51-44(53)30-16-26-40(42(49)28-30)46(4,5)6/h7-28H,1-6H3,(H,50,52)(H,51,53). The van der Waals surface area contributed by atoms with E-state index in [4.69, 9.17) is 0 Å². The van der Waals surface area contributed by atoms with E-state index in [0.29, 0.717) is 22.5 Å². The second-order valence-corrected chi connectivity index (χ2v) is 17.5. The predicted molar refractivity (Wildman–Crippen MR) is 225 cm³/mol. The van der Waals surface area contributed by atoms with Crippen molar-refractivity contribution in [1.82, 2.24) is 0 Å². The highest BCUT2D eigenvalue weighted by atomic mass is 79.9. The third kappa shape index (κ3) is 6.79. The predicted octanol–water partition coefficient (Wildman–Crippen LogP) is 12.7. The van der Waals surface area contributed by atoms with Gasteiger partial charge in [0.15, 0.2) is 0 Å². The van der Waals surface area contributed by atoms with E-state index in [2.05, 4.69) is 157 Å². The first kappa shape index (κ1) is 36.6. The highest BCUT2D eigenvalue weighted by Gasteiger charge is 2.45. The maximum absolute atomic E-state index is 13.4. The normalized spacial score (nSPS) is 13.2. The number of carbonyl (C=O) groups excluding carboxylic acids is 2. The molecular weight excluding hydrogens is 784 g/mol. The smallest absolute Gasteiger partial charge is 0.255 e. The van der Waals surface area contributed by atoms with Gasteiger partial charge in [-0.1, -0.05) is 158 Å². The maximum Gasteiger partial charge on any atom is 0.255 e. The van der Waals surface area contributed by atoms with Crippen LogP contribution in [0, 0.1) is 0 Å². The van der Waals surface area contributed by atoms with Crippen molar-refractivity contribution in [3.63, 3.8) is 0 Å². The summed E-state index contributed by atoms with van der Waals surface area (Å²) in [5.74, 6) is -0.333. The van der Waals surface area contributed by atoms with Gasteiger partial charge >= 0.3 is 0 Å². The van der Waals surface area contributed by atoms with Gasteiger partial charge in [-0.05, 0) is 104 Å². The lowest BCUT2D eigenvalue weighted by Gasteiger charge is -2.34. The Balaban J connectivity index is 1.23. The molecule has 0 atom stereocenters. The van der Waals surface area contributed by atoms with E-state index in [0.717, 1.165) is 31.2 Å². The van der Waals surface area contributed by atoms with Gasteiger partial charge in [0.05, 0.1) is 5.41 Å². The van der Waals surface area contributed by atoms with Gasteiger partial charge in [0.1, 0.15) is 0 Å². The zero-order valence-electron chi connectivity index (χ0n) is 30.8. The molecule has 53 heavy (non-hydrogen) atoms. The number of halogens is 2. The average molecular weight is 827 g/mol.